The van der Waals surface area contributed by atoms with Crippen LogP contribution in [0.25, 0.3) is 0 Å². The monoisotopic (exact) mass is 404 g/mol. The number of methoxy groups -OCH3 is 1. The molecule has 7 heteroatoms. The molecular formula is C21H28N2O4S. The Bertz CT molecular complexity index is 955. The number of rotatable bonds is 8. The summed E-state index contributed by atoms with van der Waals surface area (Å²) in [5, 5.41) is 2.84. The summed E-state index contributed by atoms with van der Waals surface area (Å²) in [6.07, 6.45) is 1.79. The van der Waals surface area contributed by atoms with Crippen LogP contribution in [0.15, 0.2) is 36.4 Å². The summed E-state index contributed by atoms with van der Waals surface area (Å²) >= 11 is 0. The van der Waals surface area contributed by atoms with Crippen LogP contribution in [-0.4, -0.2) is 34.2 Å². The highest BCUT2D eigenvalue weighted by atomic mass is 32.2. The van der Waals surface area contributed by atoms with Gasteiger partial charge in [-0.3, -0.25) is 9.10 Å². The van der Waals surface area contributed by atoms with Gasteiger partial charge < -0.3 is 10.1 Å². The van der Waals surface area contributed by atoms with Gasteiger partial charge in [0.05, 0.1) is 24.7 Å². The van der Waals surface area contributed by atoms with E-state index in [9.17, 15) is 13.2 Å². The van der Waals surface area contributed by atoms with Gasteiger partial charge in [-0.05, 0) is 68.1 Å². The molecule has 0 aliphatic carbocycles. The Morgan fingerprint density at radius 3 is 2.39 bits per heavy atom. The van der Waals surface area contributed by atoms with E-state index in [2.05, 4.69) is 5.32 Å². The number of anilines is 2. The zero-order valence-corrected chi connectivity index (χ0v) is 17.9. The molecule has 0 bridgehead atoms. The first kappa shape index (κ1) is 21.8. The average Bonchev–Trinajstić information content (AvgIpc) is 2.60. The van der Waals surface area contributed by atoms with Crippen LogP contribution in [0.1, 0.15) is 29.5 Å². The van der Waals surface area contributed by atoms with Crippen molar-refractivity contribution < 1.29 is 17.9 Å². The van der Waals surface area contributed by atoms with E-state index in [0.29, 0.717) is 23.5 Å². The molecule has 0 atom stereocenters. The van der Waals surface area contributed by atoms with Crippen molar-refractivity contribution in [3.05, 3.63) is 53.1 Å². The minimum atomic E-state index is -3.44. The second-order valence-corrected chi connectivity index (χ2v) is 8.87. The molecular weight excluding hydrogens is 376 g/mol. The van der Waals surface area contributed by atoms with Gasteiger partial charge in [-0.2, -0.15) is 0 Å². The fraction of sp³-hybridized carbons (Fsp3) is 0.381. The number of hydrogen-bond donors (Lipinski definition) is 1. The van der Waals surface area contributed by atoms with Crippen molar-refractivity contribution in [2.75, 3.05) is 29.5 Å². The van der Waals surface area contributed by atoms with Crippen LogP contribution >= 0.6 is 0 Å². The average molecular weight is 405 g/mol. The molecule has 6 nitrogen and oxygen atoms in total. The second kappa shape index (κ2) is 9.10. The lowest BCUT2D eigenvalue weighted by Gasteiger charge is -2.23. The minimum Gasteiger partial charge on any atom is -0.495 e. The van der Waals surface area contributed by atoms with Gasteiger partial charge in [0.2, 0.25) is 15.9 Å². The maximum Gasteiger partial charge on any atom is 0.232 e. The first-order valence-corrected chi connectivity index (χ1v) is 11.0. The topological polar surface area (TPSA) is 75.7 Å². The van der Waals surface area contributed by atoms with Crippen LogP contribution in [0.3, 0.4) is 0 Å². The minimum absolute atomic E-state index is 0.183. The van der Waals surface area contributed by atoms with E-state index in [0.717, 1.165) is 16.7 Å². The molecule has 0 spiro atoms. The smallest absolute Gasteiger partial charge is 0.232 e. The number of carbonyl (C=O) groups is 1. The molecule has 0 fully saturated rings. The van der Waals surface area contributed by atoms with Crippen LogP contribution in [0.4, 0.5) is 11.4 Å². The van der Waals surface area contributed by atoms with Gasteiger partial charge in [0.25, 0.3) is 0 Å². The zero-order chi connectivity index (χ0) is 20.9. The Morgan fingerprint density at radius 1 is 1.07 bits per heavy atom. The van der Waals surface area contributed by atoms with Crippen LogP contribution < -0.4 is 14.4 Å². The maximum absolute atomic E-state index is 12.3. The van der Waals surface area contributed by atoms with E-state index in [1.807, 2.05) is 45.0 Å². The Balaban J connectivity index is 2.03. The van der Waals surface area contributed by atoms with Crippen LogP contribution in [0.5, 0.6) is 5.75 Å². The van der Waals surface area contributed by atoms with Crippen molar-refractivity contribution in [3.63, 3.8) is 0 Å². The van der Waals surface area contributed by atoms with E-state index in [4.69, 9.17) is 4.74 Å². The lowest BCUT2D eigenvalue weighted by Crippen LogP contribution is -2.31. The summed E-state index contributed by atoms with van der Waals surface area (Å²) in [5.41, 5.74) is 4.36. The summed E-state index contributed by atoms with van der Waals surface area (Å²) in [7, 11) is -1.89. The number of aryl methyl sites for hydroxylation is 3. The molecule has 0 aromatic heterocycles. The lowest BCUT2D eigenvalue weighted by atomic mass is 10.1. The second-order valence-electron chi connectivity index (χ2n) is 6.96. The van der Waals surface area contributed by atoms with Crippen LogP contribution in [0.2, 0.25) is 0 Å². The fourth-order valence-electron chi connectivity index (χ4n) is 2.88. The fourth-order valence-corrected chi connectivity index (χ4v) is 3.84. The number of carbonyl (C=O) groups excluding carboxylic acids is 1. The number of hydrogen-bond acceptors (Lipinski definition) is 4. The molecule has 1 amide bonds. The van der Waals surface area contributed by atoms with Crippen molar-refractivity contribution in [3.8, 4) is 5.75 Å². The molecule has 0 heterocycles. The molecule has 28 heavy (non-hydrogen) atoms. The van der Waals surface area contributed by atoms with Crippen LogP contribution in [-0.2, 0) is 14.8 Å². The Morgan fingerprint density at radius 2 is 1.79 bits per heavy atom. The van der Waals surface area contributed by atoms with Gasteiger partial charge in [-0.25, -0.2) is 8.42 Å². The van der Waals surface area contributed by atoms with E-state index >= 15 is 0 Å². The predicted octanol–water partition coefficient (Wildman–Crippen LogP) is 3.81. The molecule has 0 aliphatic rings. The third kappa shape index (κ3) is 5.73. The van der Waals surface area contributed by atoms with Crippen molar-refractivity contribution in [2.24, 2.45) is 0 Å². The molecule has 2 aromatic carbocycles. The van der Waals surface area contributed by atoms with E-state index < -0.39 is 10.0 Å². The third-order valence-corrected chi connectivity index (χ3v) is 5.77. The molecule has 0 saturated heterocycles. The molecule has 0 saturated carbocycles. The highest BCUT2D eigenvalue weighted by Crippen LogP contribution is 2.26. The predicted molar refractivity (Wildman–Crippen MR) is 114 cm³/mol. The standard InChI is InChI=1S/C21H28N2O4S/c1-15-8-11-20(27-4)19(13-15)22-21(24)7-6-12-23(28(5,25)26)18-10-9-16(2)17(3)14-18/h8-11,13-14H,6-7,12H2,1-5H3,(H,22,24). The summed E-state index contributed by atoms with van der Waals surface area (Å²) in [6.45, 7) is 6.10. The van der Waals surface area contributed by atoms with Gasteiger partial charge in [-0.15, -0.1) is 0 Å². The van der Waals surface area contributed by atoms with Crippen molar-refractivity contribution in [1.29, 1.82) is 0 Å². The molecule has 0 radical (unpaired) electrons. The van der Waals surface area contributed by atoms with Crippen molar-refractivity contribution in [2.45, 2.75) is 33.6 Å². The highest BCUT2D eigenvalue weighted by Gasteiger charge is 2.18. The molecule has 0 aliphatic heterocycles. The van der Waals surface area contributed by atoms with Gasteiger partial charge >= 0.3 is 0 Å². The molecule has 2 aromatic rings. The van der Waals surface area contributed by atoms with Crippen molar-refractivity contribution in [1.82, 2.24) is 0 Å². The van der Waals surface area contributed by atoms with Crippen LogP contribution in [0, 0.1) is 20.8 Å². The SMILES string of the molecule is COc1ccc(C)cc1NC(=O)CCCN(c1ccc(C)c(C)c1)S(C)(=O)=O. The highest BCUT2D eigenvalue weighted by molar-refractivity contribution is 7.92. The first-order valence-electron chi connectivity index (χ1n) is 9.11. The van der Waals surface area contributed by atoms with Crippen molar-refractivity contribution >= 4 is 27.3 Å². The number of amides is 1. The number of nitrogens with one attached hydrogen (secondary N) is 1. The zero-order valence-electron chi connectivity index (χ0n) is 17.1. The lowest BCUT2D eigenvalue weighted by molar-refractivity contribution is -0.116. The van der Waals surface area contributed by atoms with E-state index in [-0.39, 0.29) is 18.9 Å². The summed E-state index contributed by atoms with van der Waals surface area (Å²) < 4.78 is 31.1. The third-order valence-electron chi connectivity index (χ3n) is 4.57. The van der Waals surface area contributed by atoms with Gasteiger partial charge in [-0.1, -0.05) is 12.1 Å². The molecule has 1 N–H and O–H groups in total. The quantitative estimate of drug-likeness (QED) is 0.726. The number of sulfonamides is 1. The van der Waals surface area contributed by atoms with Gasteiger partial charge in [0, 0.05) is 13.0 Å². The summed E-state index contributed by atoms with van der Waals surface area (Å²) in [4.78, 5) is 12.3. The number of ether oxygens (including phenoxy) is 1. The number of benzene rings is 2. The molecule has 2 rings (SSSR count). The summed E-state index contributed by atoms with van der Waals surface area (Å²) in [6, 6.07) is 11.1. The Hall–Kier alpha value is -2.54. The largest absolute Gasteiger partial charge is 0.495 e. The summed E-state index contributed by atoms with van der Waals surface area (Å²) in [5.74, 6) is 0.407. The Kier molecular flexibility index (Phi) is 7.07. The van der Waals surface area contributed by atoms with Gasteiger partial charge in [0.15, 0.2) is 0 Å². The first-order chi connectivity index (χ1) is 13.1. The van der Waals surface area contributed by atoms with E-state index in [1.165, 1.54) is 10.6 Å². The van der Waals surface area contributed by atoms with E-state index in [1.54, 1.807) is 19.2 Å². The van der Waals surface area contributed by atoms with Gasteiger partial charge in [0.1, 0.15) is 5.75 Å². The normalized spacial score (nSPS) is 11.2. The Labute approximate surface area is 167 Å². The maximum atomic E-state index is 12.3. The molecule has 152 valence electrons. The number of nitrogens with zero attached hydrogens (tertiary/aromatic N) is 1. The molecule has 0 unspecified atom stereocenters.